The number of rotatable bonds is 1. The maximum Gasteiger partial charge on any atom is 0.0987 e. The van der Waals surface area contributed by atoms with Crippen LogP contribution in [-0.2, 0) is 4.74 Å². The third kappa shape index (κ3) is 2.63. The van der Waals surface area contributed by atoms with Gasteiger partial charge in [0, 0.05) is 18.3 Å². The van der Waals surface area contributed by atoms with Gasteiger partial charge in [0.05, 0.1) is 12.7 Å². The van der Waals surface area contributed by atoms with E-state index in [-0.39, 0.29) is 6.10 Å². The molecule has 2 rings (SSSR count). The first-order valence-electron chi connectivity index (χ1n) is 6.55. The highest BCUT2D eigenvalue weighted by atomic mass is 16.5. The summed E-state index contributed by atoms with van der Waals surface area (Å²) < 4.78 is 5.93. The van der Waals surface area contributed by atoms with Gasteiger partial charge < -0.3 is 9.64 Å². The van der Waals surface area contributed by atoms with Gasteiger partial charge >= 0.3 is 0 Å². The van der Waals surface area contributed by atoms with Crippen molar-refractivity contribution in [3.63, 3.8) is 0 Å². The van der Waals surface area contributed by atoms with Crippen molar-refractivity contribution in [3.8, 4) is 0 Å². The molecule has 0 aromatic carbocycles. The molecular formula is C15H23NO. The largest absolute Gasteiger partial charge is 0.368 e. The monoisotopic (exact) mass is 233 g/mol. The van der Waals surface area contributed by atoms with Crippen LogP contribution in [0.1, 0.15) is 27.7 Å². The van der Waals surface area contributed by atoms with Crippen molar-refractivity contribution in [1.82, 2.24) is 4.90 Å². The van der Waals surface area contributed by atoms with E-state index < -0.39 is 0 Å². The Balaban J connectivity index is 2.42. The van der Waals surface area contributed by atoms with Crippen molar-refractivity contribution >= 4 is 0 Å². The summed E-state index contributed by atoms with van der Waals surface area (Å²) >= 11 is 0. The molecule has 0 saturated heterocycles. The summed E-state index contributed by atoms with van der Waals surface area (Å²) in [5, 5.41) is 0. The second-order valence-corrected chi connectivity index (χ2v) is 5.25. The molecule has 0 aromatic rings. The molecule has 0 aromatic heterocycles. The van der Waals surface area contributed by atoms with Gasteiger partial charge in [0.2, 0.25) is 0 Å². The highest BCUT2D eigenvalue weighted by Crippen LogP contribution is 2.26. The first kappa shape index (κ1) is 12.4. The molecule has 0 saturated carbocycles. The first-order chi connectivity index (χ1) is 8.09. The molecule has 1 heterocycles. The summed E-state index contributed by atoms with van der Waals surface area (Å²) in [5.41, 5.74) is 2.68. The molecule has 2 heteroatoms. The van der Waals surface area contributed by atoms with Crippen LogP contribution in [-0.4, -0.2) is 30.2 Å². The third-order valence-corrected chi connectivity index (χ3v) is 3.54. The Bertz CT molecular complexity index is 365. The number of allylic oxidation sites excluding steroid dienone is 3. The standard InChI is InChI=1S/C15H23NO/c1-11(2)16-9-10-17-15-8-6-12(3)5-7-14(16)13(15)4/h5-8,11-12,15H,9-10H2,1-4H3/b7-5-,8-6-. The zero-order valence-electron chi connectivity index (χ0n) is 11.3. The van der Waals surface area contributed by atoms with E-state index in [4.69, 9.17) is 4.74 Å². The van der Waals surface area contributed by atoms with Gasteiger partial charge in [0.1, 0.15) is 0 Å². The molecule has 0 amide bonds. The fraction of sp³-hybridized carbons (Fsp3) is 0.600. The smallest absolute Gasteiger partial charge is 0.0987 e. The molecule has 1 aliphatic carbocycles. The summed E-state index contributed by atoms with van der Waals surface area (Å²) in [6.07, 6.45) is 9.12. The van der Waals surface area contributed by atoms with Crippen LogP contribution >= 0.6 is 0 Å². The van der Waals surface area contributed by atoms with Crippen LogP contribution in [0.4, 0.5) is 0 Å². The Morgan fingerprint density at radius 1 is 1.29 bits per heavy atom. The Morgan fingerprint density at radius 3 is 2.76 bits per heavy atom. The van der Waals surface area contributed by atoms with Gasteiger partial charge in [0.15, 0.2) is 0 Å². The quantitative estimate of drug-likeness (QED) is 0.645. The van der Waals surface area contributed by atoms with E-state index in [1.165, 1.54) is 11.3 Å². The molecule has 0 fully saturated rings. The molecule has 1 aliphatic heterocycles. The molecule has 2 bridgehead atoms. The summed E-state index contributed by atoms with van der Waals surface area (Å²) in [6, 6.07) is 0.519. The minimum atomic E-state index is 0.154. The highest BCUT2D eigenvalue weighted by Gasteiger charge is 2.23. The van der Waals surface area contributed by atoms with E-state index in [2.05, 4.69) is 56.9 Å². The minimum absolute atomic E-state index is 0.154. The predicted molar refractivity (Wildman–Crippen MR) is 71.7 cm³/mol. The van der Waals surface area contributed by atoms with Gasteiger partial charge in [0.25, 0.3) is 0 Å². The molecule has 0 spiro atoms. The van der Waals surface area contributed by atoms with Crippen molar-refractivity contribution in [1.29, 1.82) is 0 Å². The normalized spacial score (nSPS) is 33.1. The van der Waals surface area contributed by atoms with Gasteiger partial charge in [-0.25, -0.2) is 0 Å². The Kier molecular flexibility index (Phi) is 3.72. The maximum absolute atomic E-state index is 5.93. The van der Waals surface area contributed by atoms with Crippen molar-refractivity contribution in [2.75, 3.05) is 13.2 Å². The second-order valence-electron chi connectivity index (χ2n) is 5.25. The van der Waals surface area contributed by atoms with E-state index in [1.807, 2.05) is 0 Å². The van der Waals surface area contributed by atoms with Crippen LogP contribution in [0.25, 0.3) is 0 Å². The first-order valence-corrected chi connectivity index (χ1v) is 6.55. The minimum Gasteiger partial charge on any atom is -0.368 e. The van der Waals surface area contributed by atoms with Crippen LogP contribution in [0.5, 0.6) is 0 Å². The Hall–Kier alpha value is -1.02. The molecule has 2 unspecified atom stereocenters. The molecule has 94 valence electrons. The summed E-state index contributed by atoms with van der Waals surface area (Å²) in [5.74, 6) is 0.483. The molecule has 17 heavy (non-hydrogen) atoms. The van der Waals surface area contributed by atoms with E-state index in [0.29, 0.717) is 12.0 Å². The average molecular weight is 233 g/mol. The van der Waals surface area contributed by atoms with E-state index in [0.717, 1.165) is 13.2 Å². The number of ether oxygens (including phenoxy) is 1. The molecule has 0 N–H and O–H groups in total. The maximum atomic E-state index is 5.93. The third-order valence-electron chi connectivity index (χ3n) is 3.54. The highest BCUT2D eigenvalue weighted by molar-refractivity contribution is 5.32. The van der Waals surface area contributed by atoms with E-state index in [9.17, 15) is 0 Å². The topological polar surface area (TPSA) is 12.5 Å². The van der Waals surface area contributed by atoms with Gasteiger partial charge in [-0.2, -0.15) is 0 Å². The summed E-state index contributed by atoms with van der Waals surface area (Å²) in [7, 11) is 0. The Labute approximate surface area is 105 Å². The molecular weight excluding hydrogens is 210 g/mol. The van der Waals surface area contributed by atoms with Crippen molar-refractivity contribution < 1.29 is 4.74 Å². The number of hydrogen-bond acceptors (Lipinski definition) is 2. The van der Waals surface area contributed by atoms with E-state index >= 15 is 0 Å². The lowest BCUT2D eigenvalue weighted by Crippen LogP contribution is -2.31. The number of hydrogen-bond donors (Lipinski definition) is 0. The van der Waals surface area contributed by atoms with Crippen LogP contribution in [0.2, 0.25) is 0 Å². The Morgan fingerprint density at radius 2 is 2.06 bits per heavy atom. The van der Waals surface area contributed by atoms with Crippen LogP contribution < -0.4 is 0 Å². The predicted octanol–water partition coefficient (Wildman–Crippen LogP) is 3.13. The van der Waals surface area contributed by atoms with Crippen LogP contribution in [0, 0.1) is 5.92 Å². The zero-order valence-corrected chi connectivity index (χ0v) is 11.3. The lowest BCUT2D eigenvalue weighted by molar-refractivity contribution is 0.100. The molecule has 2 atom stereocenters. The van der Waals surface area contributed by atoms with Gasteiger partial charge in [-0.15, -0.1) is 0 Å². The van der Waals surface area contributed by atoms with Gasteiger partial charge in [-0.1, -0.05) is 25.2 Å². The fourth-order valence-corrected chi connectivity index (χ4v) is 2.44. The lowest BCUT2D eigenvalue weighted by atomic mass is 10.00. The van der Waals surface area contributed by atoms with Crippen molar-refractivity contribution in [2.45, 2.75) is 39.8 Å². The molecule has 2 aliphatic rings. The SMILES string of the molecule is CC1=C2/C=C\C(C)/C=C\C1OCCN2C(C)C. The fourth-order valence-electron chi connectivity index (χ4n) is 2.44. The zero-order chi connectivity index (χ0) is 12.4. The van der Waals surface area contributed by atoms with Crippen molar-refractivity contribution in [2.24, 2.45) is 5.92 Å². The van der Waals surface area contributed by atoms with Gasteiger partial charge in [-0.05, 0) is 38.3 Å². The van der Waals surface area contributed by atoms with Crippen LogP contribution in [0.15, 0.2) is 35.6 Å². The van der Waals surface area contributed by atoms with Crippen LogP contribution in [0.3, 0.4) is 0 Å². The lowest BCUT2D eigenvalue weighted by Gasteiger charge is -2.30. The summed E-state index contributed by atoms with van der Waals surface area (Å²) in [6.45, 7) is 10.7. The second kappa shape index (κ2) is 5.09. The molecule has 2 nitrogen and oxygen atoms in total. The number of fused-ring (bicyclic) bond motifs is 1. The average Bonchev–Trinajstić information content (AvgIpc) is 2.45. The summed E-state index contributed by atoms with van der Waals surface area (Å²) in [4.78, 5) is 2.44. The van der Waals surface area contributed by atoms with Crippen molar-refractivity contribution in [3.05, 3.63) is 35.6 Å². The number of nitrogens with zero attached hydrogens (tertiary/aromatic N) is 1. The van der Waals surface area contributed by atoms with Gasteiger partial charge in [-0.3, -0.25) is 0 Å². The van der Waals surface area contributed by atoms with E-state index in [1.54, 1.807) is 0 Å². The molecule has 0 radical (unpaired) electrons.